The molecule has 27 heavy (non-hydrogen) atoms. The van der Waals surface area contributed by atoms with Crippen LogP contribution in [-0.2, 0) is 4.79 Å². The van der Waals surface area contributed by atoms with Gasteiger partial charge in [-0.2, -0.15) is 5.26 Å². The van der Waals surface area contributed by atoms with E-state index in [4.69, 9.17) is 5.73 Å². The van der Waals surface area contributed by atoms with Gasteiger partial charge in [0.15, 0.2) is 5.17 Å². The Morgan fingerprint density at radius 3 is 2.48 bits per heavy atom. The Morgan fingerprint density at radius 2 is 1.93 bits per heavy atom. The molecule has 0 saturated carbocycles. The lowest BCUT2D eigenvalue weighted by atomic mass is 9.93. The average Bonchev–Trinajstić information content (AvgIpc) is 2.97. The molecule has 2 aliphatic rings. The molecule has 1 atom stereocenters. The summed E-state index contributed by atoms with van der Waals surface area (Å²) < 4.78 is 0. The molecular weight excluding hydrogens is 358 g/mol. The molecule has 1 amide bonds. The number of likely N-dealkylation sites (N-methyl/N-ethyl adjacent to an activating group) is 1. The largest absolute Gasteiger partial charge is 0.383 e. The van der Waals surface area contributed by atoms with Gasteiger partial charge in [0.25, 0.3) is 5.91 Å². The number of fused-ring (bicyclic) bond motifs is 1. The van der Waals surface area contributed by atoms with Gasteiger partial charge in [0.1, 0.15) is 16.8 Å². The third kappa shape index (κ3) is 3.21. The van der Waals surface area contributed by atoms with Crippen LogP contribution < -0.4 is 5.73 Å². The zero-order valence-corrected chi connectivity index (χ0v) is 16.8. The molecular formula is C20H23N5OS. The van der Waals surface area contributed by atoms with Crippen LogP contribution in [0.2, 0.25) is 0 Å². The summed E-state index contributed by atoms with van der Waals surface area (Å²) in [7, 11) is 0. The Kier molecular flexibility index (Phi) is 5.29. The topological polar surface area (TPSA) is 85.7 Å². The van der Waals surface area contributed by atoms with E-state index in [1.54, 1.807) is 4.90 Å². The number of nitrogens with two attached hydrogens (primary N) is 1. The predicted octanol–water partition coefficient (Wildman–Crippen LogP) is 3.25. The molecule has 0 spiro atoms. The van der Waals surface area contributed by atoms with Crippen LogP contribution in [-0.4, -0.2) is 34.0 Å². The second-order valence-corrected chi connectivity index (χ2v) is 7.46. The van der Waals surface area contributed by atoms with Gasteiger partial charge in [-0.1, -0.05) is 29.8 Å². The van der Waals surface area contributed by atoms with Gasteiger partial charge in [0.05, 0.1) is 17.3 Å². The number of benzene rings is 1. The van der Waals surface area contributed by atoms with Crippen LogP contribution in [0.1, 0.15) is 37.9 Å². The average molecular weight is 382 g/mol. The molecule has 0 bridgehead atoms. The number of carbonyl (C=O) groups excluding carboxylic acids is 1. The first-order chi connectivity index (χ1) is 12.9. The standard InChI is InChI=1S/C20H23N5OS/c1-5-24(6-2)19(26)16-13(4)23-20-25(18(22)15(11-21)27-20)17(16)14-9-7-12(3)8-10-14/h7-10,17H,5-6,22H2,1-4H3/t17-/m1/s1. The lowest BCUT2D eigenvalue weighted by Crippen LogP contribution is -2.42. The highest BCUT2D eigenvalue weighted by molar-refractivity contribution is 8.17. The highest BCUT2D eigenvalue weighted by atomic mass is 32.2. The molecule has 0 fully saturated rings. The molecule has 140 valence electrons. The van der Waals surface area contributed by atoms with Gasteiger partial charge in [-0.3, -0.25) is 9.69 Å². The molecule has 2 N–H and O–H groups in total. The Morgan fingerprint density at radius 1 is 1.30 bits per heavy atom. The summed E-state index contributed by atoms with van der Waals surface area (Å²) in [4.78, 5) is 21.9. The fourth-order valence-electron chi connectivity index (χ4n) is 3.36. The number of aliphatic imine (C=N–C) groups is 1. The maximum atomic E-state index is 13.3. The Bertz CT molecular complexity index is 903. The second kappa shape index (κ2) is 7.49. The summed E-state index contributed by atoms with van der Waals surface area (Å²) in [6.45, 7) is 9.03. The van der Waals surface area contributed by atoms with Crippen molar-refractivity contribution >= 4 is 22.8 Å². The Labute approximate surface area is 164 Å². The van der Waals surface area contributed by atoms with Crippen molar-refractivity contribution in [1.82, 2.24) is 9.80 Å². The third-order valence-corrected chi connectivity index (χ3v) is 5.83. The highest BCUT2D eigenvalue weighted by Crippen LogP contribution is 2.45. The molecule has 1 aromatic rings. The van der Waals surface area contributed by atoms with E-state index in [1.165, 1.54) is 11.8 Å². The number of rotatable bonds is 4. The number of amides is 1. The molecule has 2 aliphatic heterocycles. The summed E-state index contributed by atoms with van der Waals surface area (Å²) in [5.41, 5.74) is 9.65. The van der Waals surface area contributed by atoms with E-state index in [0.29, 0.717) is 40.3 Å². The molecule has 0 saturated heterocycles. The van der Waals surface area contributed by atoms with Crippen molar-refractivity contribution in [3.05, 3.63) is 57.4 Å². The molecule has 0 aliphatic carbocycles. The Balaban J connectivity index is 2.19. The van der Waals surface area contributed by atoms with Crippen LogP contribution in [0.3, 0.4) is 0 Å². The maximum Gasteiger partial charge on any atom is 0.254 e. The minimum absolute atomic E-state index is 0.0471. The van der Waals surface area contributed by atoms with Crippen LogP contribution in [0.25, 0.3) is 0 Å². The molecule has 7 heteroatoms. The smallest absolute Gasteiger partial charge is 0.254 e. The van der Waals surface area contributed by atoms with Gasteiger partial charge >= 0.3 is 0 Å². The van der Waals surface area contributed by atoms with Crippen LogP contribution in [0, 0.1) is 18.3 Å². The third-order valence-electron chi connectivity index (χ3n) is 4.85. The van der Waals surface area contributed by atoms with E-state index < -0.39 is 6.04 Å². The van der Waals surface area contributed by atoms with Crippen molar-refractivity contribution in [2.24, 2.45) is 10.7 Å². The first kappa shape index (κ1) is 19.1. The summed E-state index contributed by atoms with van der Waals surface area (Å²) in [6, 6.07) is 9.79. The predicted molar refractivity (Wildman–Crippen MR) is 108 cm³/mol. The zero-order chi connectivity index (χ0) is 19.7. The monoisotopic (exact) mass is 381 g/mol. The van der Waals surface area contributed by atoms with E-state index >= 15 is 0 Å². The summed E-state index contributed by atoms with van der Waals surface area (Å²) in [5, 5.41) is 10.0. The molecule has 6 nitrogen and oxygen atoms in total. The van der Waals surface area contributed by atoms with Gasteiger partial charge in [-0.15, -0.1) is 0 Å². The van der Waals surface area contributed by atoms with Crippen molar-refractivity contribution in [3.8, 4) is 6.07 Å². The van der Waals surface area contributed by atoms with Gasteiger partial charge < -0.3 is 10.6 Å². The Hall–Kier alpha value is -2.72. The minimum Gasteiger partial charge on any atom is -0.383 e. The van der Waals surface area contributed by atoms with Crippen LogP contribution in [0.15, 0.2) is 51.3 Å². The SMILES string of the molecule is CCN(CC)C(=O)C1=C(C)N=C2SC(C#N)=C(N)N2[C@@H]1c1ccc(C)cc1. The number of allylic oxidation sites excluding steroid dienone is 2. The molecule has 1 aromatic carbocycles. The number of amidine groups is 1. The van der Waals surface area contributed by atoms with Crippen LogP contribution in [0.5, 0.6) is 0 Å². The van der Waals surface area contributed by atoms with Crippen LogP contribution in [0.4, 0.5) is 0 Å². The fraction of sp³-hybridized carbons (Fsp3) is 0.350. The minimum atomic E-state index is -0.399. The van der Waals surface area contributed by atoms with Crippen molar-refractivity contribution in [1.29, 1.82) is 5.26 Å². The number of nitrogens with zero attached hydrogens (tertiary/aromatic N) is 4. The van der Waals surface area contributed by atoms with E-state index in [2.05, 4.69) is 11.1 Å². The number of aryl methyl sites for hydroxylation is 1. The zero-order valence-electron chi connectivity index (χ0n) is 16.0. The first-order valence-corrected chi connectivity index (χ1v) is 9.76. The van der Waals surface area contributed by atoms with Crippen LogP contribution >= 0.6 is 11.8 Å². The van der Waals surface area contributed by atoms with Gasteiger partial charge in [0.2, 0.25) is 0 Å². The van der Waals surface area contributed by atoms with Gasteiger partial charge in [-0.25, -0.2) is 4.99 Å². The van der Waals surface area contributed by atoms with E-state index in [-0.39, 0.29) is 5.91 Å². The molecule has 0 unspecified atom stereocenters. The van der Waals surface area contributed by atoms with Crippen molar-refractivity contribution in [3.63, 3.8) is 0 Å². The molecule has 0 aromatic heterocycles. The van der Waals surface area contributed by atoms with E-state index in [1.807, 2.05) is 56.9 Å². The normalized spacial score (nSPS) is 19.0. The highest BCUT2D eigenvalue weighted by Gasteiger charge is 2.42. The quantitative estimate of drug-likeness (QED) is 0.865. The number of thioether (sulfide) groups is 1. The van der Waals surface area contributed by atoms with Crippen molar-refractivity contribution in [2.45, 2.75) is 33.7 Å². The number of hydrogen-bond donors (Lipinski definition) is 1. The van der Waals surface area contributed by atoms with Crippen molar-refractivity contribution in [2.75, 3.05) is 13.1 Å². The van der Waals surface area contributed by atoms with Gasteiger partial charge in [0, 0.05) is 13.1 Å². The summed E-state index contributed by atoms with van der Waals surface area (Å²) in [6.07, 6.45) is 0. The summed E-state index contributed by atoms with van der Waals surface area (Å²) in [5.74, 6) is 0.304. The second-order valence-electron chi connectivity index (χ2n) is 6.48. The number of carbonyl (C=O) groups is 1. The van der Waals surface area contributed by atoms with E-state index in [9.17, 15) is 10.1 Å². The number of nitriles is 1. The molecule has 3 rings (SSSR count). The molecule has 0 radical (unpaired) electrons. The van der Waals surface area contributed by atoms with Gasteiger partial charge in [-0.05, 0) is 45.0 Å². The lowest BCUT2D eigenvalue weighted by Gasteiger charge is -2.36. The first-order valence-electron chi connectivity index (χ1n) is 8.95. The van der Waals surface area contributed by atoms with Crippen molar-refractivity contribution < 1.29 is 4.79 Å². The lowest BCUT2D eigenvalue weighted by molar-refractivity contribution is -0.127. The number of hydrogen-bond acceptors (Lipinski definition) is 6. The molecule has 2 heterocycles. The maximum absolute atomic E-state index is 13.3. The summed E-state index contributed by atoms with van der Waals surface area (Å²) >= 11 is 1.25. The van der Waals surface area contributed by atoms with E-state index in [0.717, 1.165) is 11.1 Å². The fourth-order valence-corrected chi connectivity index (χ4v) is 4.28.